The lowest BCUT2D eigenvalue weighted by molar-refractivity contribution is -0.113. The number of aromatic nitrogens is 1. The summed E-state index contributed by atoms with van der Waals surface area (Å²) in [5.41, 5.74) is 4.44. The maximum atomic E-state index is 12.3. The standard InChI is InChI=1S/C19H18ClN3O2S/c1-11-13-4-3-5-16(13)23-19(14(11)9-21)26-10-18(24)22-12-6-7-17(25-2)15(20)8-12/h6-8H,3-5,10H2,1-2H3,(H,22,24). The van der Waals surface area contributed by atoms with Gasteiger partial charge in [0.2, 0.25) is 5.91 Å². The van der Waals surface area contributed by atoms with Crippen LogP contribution in [0.5, 0.6) is 5.75 Å². The average molecular weight is 388 g/mol. The number of carbonyl (C=O) groups is 1. The summed E-state index contributed by atoms with van der Waals surface area (Å²) in [6, 6.07) is 7.31. The van der Waals surface area contributed by atoms with Crippen molar-refractivity contribution in [2.75, 3.05) is 18.2 Å². The molecule has 2 aromatic rings. The smallest absolute Gasteiger partial charge is 0.234 e. The summed E-state index contributed by atoms with van der Waals surface area (Å²) in [7, 11) is 1.54. The second-order valence-corrected chi connectivity index (χ2v) is 7.36. The van der Waals surface area contributed by atoms with Crippen LogP contribution in [-0.4, -0.2) is 23.8 Å². The van der Waals surface area contributed by atoms with E-state index in [9.17, 15) is 10.1 Å². The van der Waals surface area contributed by atoms with Crippen LogP contribution in [-0.2, 0) is 17.6 Å². The highest BCUT2D eigenvalue weighted by atomic mass is 35.5. The van der Waals surface area contributed by atoms with Crippen molar-refractivity contribution in [3.05, 3.63) is 45.6 Å². The van der Waals surface area contributed by atoms with Crippen LogP contribution in [0, 0.1) is 18.3 Å². The van der Waals surface area contributed by atoms with E-state index < -0.39 is 0 Å². The Morgan fingerprint density at radius 2 is 2.27 bits per heavy atom. The van der Waals surface area contributed by atoms with Crippen molar-refractivity contribution in [1.29, 1.82) is 5.26 Å². The minimum atomic E-state index is -0.180. The molecule has 5 nitrogen and oxygen atoms in total. The predicted octanol–water partition coefficient (Wildman–Crippen LogP) is 4.14. The van der Waals surface area contributed by atoms with Crippen LogP contribution in [0.1, 0.15) is 28.8 Å². The maximum absolute atomic E-state index is 12.3. The van der Waals surface area contributed by atoms with E-state index in [1.165, 1.54) is 24.4 Å². The van der Waals surface area contributed by atoms with Crippen LogP contribution >= 0.6 is 23.4 Å². The van der Waals surface area contributed by atoms with Gasteiger partial charge in [0.1, 0.15) is 16.8 Å². The van der Waals surface area contributed by atoms with Gasteiger partial charge in [-0.05, 0) is 55.5 Å². The number of ether oxygens (including phenoxy) is 1. The number of hydrogen-bond donors (Lipinski definition) is 1. The molecule has 0 fully saturated rings. The molecule has 134 valence electrons. The number of nitrogens with one attached hydrogen (secondary N) is 1. The number of methoxy groups -OCH3 is 1. The van der Waals surface area contributed by atoms with Gasteiger partial charge in [0.15, 0.2) is 0 Å². The topological polar surface area (TPSA) is 75.0 Å². The zero-order valence-electron chi connectivity index (χ0n) is 14.6. The number of fused-ring (bicyclic) bond motifs is 1. The number of hydrogen-bond acceptors (Lipinski definition) is 5. The van der Waals surface area contributed by atoms with Crippen molar-refractivity contribution in [3.8, 4) is 11.8 Å². The van der Waals surface area contributed by atoms with Gasteiger partial charge in [-0.1, -0.05) is 23.4 Å². The molecule has 0 atom stereocenters. The van der Waals surface area contributed by atoms with E-state index in [4.69, 9.17) is 16.3 Å². The lowest BCUT2D eigenvalue weighted by Gasteiger charge is -2.11. The van der Waals surface area contributed by atoms with Gasteiger partial charge in [-0.2, -0.15) is 5.26 Å². The molecule has 7 heteroatoms. The van der Waals surface area contributed by atoms with Crippen molar-refractivity contribution in [2.45, 2.75) is 31.2 Å². The summed E-state index contributed by atoms with van der Waals surface area (Å²) < 4.78 is 5.10. The van der Waals surface area contributed by atoms with Gasteiger partial charge < -0.3 is 10.1 Å². The summed E-state index contributed by atoms with van der Waals surface area (Å²) in [6.07, 6.45) is 2.99. The second-order valence-electron chi connectivity index (χ2n) is 5.99. The summed E-state index contributed by atoms with van der Waals surface area (Å²) >= 11 is 7.36. The maximum Gasteiger partial charge on any atom is 0.234 e. The zero-order chi connectivity index (χ0) is 18.7. The van der Waals surface area contributed by atoms with E-state index in [1.807, 2.05) is 6.92 Å². The highest BCUT2D eigenvalue weighted by molar-refractivity contribution is 8.00. The molecule has 0 aliphatic heterocycles. The third-order valence-electron chi connectivity index (χ3n) is 4.35. The molecule has 3 rings (SSSR count). The van der Waals surface area contributed by atoms with Crippen LogP contribution < -0.4 is 10.1 Å². The predicted molar refractivity (Wildman–Crippen MR) is 103 cm³/mol. The number of anilines is 1. The molecular formula is C19H18ClN3O2S. The summed E-state index contributed by atoms with van der Waals surface area (Å²) in [5.74, 6) is 0.541. The van der Waals surface area contributed by atoms with E-state index in [-0.39, 0.29) is 11.7 Å². The van der Waals surface area contributed by atoms with E-state index in [1.54, 1.807) is 18.2 Å². The van der Waals surface area contributed by atoms with Crippen molar-refractivity contribution < 1.29 is 9.53 Å². The number of halogens is 1. The molecule has 1 N–H and O–H groups in total. The van der Waals surface area contributed by atoms with E-state index in [0.29, 0.717) is 27.0 Å². The number of carbonyl (C=O) groups excluding carboxylic acids is 1. The van der Waals surface area contributed by atoms with E-state index >= 15 is 0 Å². The monoisotopic (exact) mass is 387 g/mol. The summed E-state index contributed by atoms with van der Waals surface area (Å²) in [4.78, 5) is 16.9. The molecule has 0 unspecified atom stereocenters. The van der Waals surface area contributed by atoms with Crippen LogP contribution in [0.2, 0.25) is 5.02 Å². The first kappa shape index (κ1) is 18.6. The fourth-order valence-electron chi connectivity index (χ4n) is 3.06. The first-order chi connectivity index (χ1) is 12.5. The largest absolute Gasteiger partial charge is 0.495 e. The molecule has 1 aromatic carbocycles. The highest BCUT2D eigenvalue weighted by Gasteiger charge is 2.21. The number of rotatable bonds is 5. The van der Waals surface area contributed by atoms with Gasteiger partial charge in [-0.15, -0.1) is 0 Å². The lowest BCUT2D eigenvalue weighted by Crippen LogP contribution is -2.14. The van der Waals surface area contributed by atoms with Crippen molar-refractivity contribution in [1.82, 2.24) is 4.98 Å². The molecule has 1 aliphatic carbocycles. The van der Waals surface area contributed by atoms with Crippen molar-refractivity contribution in [2.24, 2.45) is 0 Å². The van der Waals surface area contributed by atoms with E-state index in [2.05, 4.69) is 16.4 Å². The van der Waals surface area contributed by atoms with Crippen LogP contribution in [0.3, 0.4) is 0 Å². The quantitative estimate of drug-likeness (QED) is 0.780. The summed E-state index contributed by atoms with van der Waals surface area (Å²) in [6.45, 7) is 1.97. The first-order valence-corrected chi connectivity index (χ1v) is 9.58. The van der Waals surface area contributed by atoms with Crippen LogP contribution in [0.4, 0.5) is 5.69 Å². The Labute approximate surface area is 161 Å². The summed E-state index contributed by atoms with van der Waals surface area (Å²) in [5, 5.41) is 13.3. The fourth-order valence-corrected chi connectivity index (χ4v) is 4.17. The molecule has 1 heterocycles. The average Bonchev–Trinajstić information content (AvgIpc) is 3.09. The first-order valence-electron chi connectivity index (χ1n) is 8.22. The molecule has 1 amide bonds. The molecule has 0 bridgehead atoms. The minimum Gasteiger partial charge on any atom is -0.495 e. The van der Waals surface area contributed by atoms with Crippen LogP contribution in [0.15, 0.2) is 23.2 Å². The fraction of sp³-hybridized carbons (Fsp3) is 0.316. The highest BCUT2D eigenvalue weighted by Crippen LogP contribution is 2.32. The lowest BCUT2D eigenvalue weighted by atomic mass is 10.0. The Hall–Kier alpha value is -2.23. The van der Waals surface area contributed by atoms with Gasteiger partial charge in [0.25, 0.3) is 0 Å². The number of nitrogens with zero attached hydrogens (tertiary/aromatic N) is 2. The SMILES string of the molecule is COc1ccc(NC(=O)CSc2nc3c(c(C)c2C#N)CCC3)cc1Cl. The Morgan fingerprint density at radius 1 is 1.46 bits per heavy atom. The van der Waals surface area contributed by atoms with Gasteiger partial charge in [0.05, 0.1) is 23.4 Å². The number of amides is 1. The zero-order valence-corrected chi connectivity index (χ0v) is 16.1. The molecule has 0 spiro atoms. The van der Waals surface area contributed by atoms with Gasteiger partial charge in [0, 0.05) is 11.4 Å². The Bertz CT molecular complexity index is 909. The molecule has 0 radical (unpaired) electrons. The van der Waals surface area contributed by atoms with Gasteiger partial charge in [-0.25, -0.2) is 4.98 Å². The second kappa shape index (κ2) is 7.98. The third-order valence-corrected chi connectivity index (χ3v) is 5.62. The molecule has 26 heavy (non-hydrogen) atoms. The number of aryl methyl sites for hydroxylation is 1. The normalized spacial score (nSPS) is 12.4. The van der Waals surface area contributed by atoms with Crippen molar-refractivity contribution in [3.63, 3.8) is 0 Å². The van der Waals surface area contributed by atoms with Crippen molar-refractivity contribution >= 4 is 35.0 Å². The third kappa shape index (κ3) is 3.79. The van der Waals surface area contributed by atoms with Crippen LogP contribution in [0.25, 0.3) is 0 Å². The molecule has 1 aliphatic rings. The number of thioether (sulfide) groups is 1. The van der Waals surface area contributed by atoms with Gasteiger partial charge in [-0.3, -0.25) is 4.79 Å². The Morgan fingerprint density at radius 3 is 2.96 bits per heavy atom. The molecule has 1 aromatic heterocycles. The number of benzene rings is 1. The Kier molecular flexibility index (Phi) is 5.70. The number of pyridine rings is 1. The minimum absolute atomic E-state index is 0.170. The Balaban J connectivity index is 1.69. The number of nitriles is 1. The van der Waals surface area contributed by atoms with E-state index in [0.717, 1.165) is 30.5 Å². The van der Waals surface area contributed by atoms with Gasteiger partial charge >= 0.3 is 0 Å². The molecule has 0 saturated heterocycles. The molecule has 0 saturated carbocycles. The molecular weight excluding hydrogens is 370 g/mol.